The number of fused-ring (bicyclic) bond motifs is 2. The highest BCUT2D eigenvalue weighted by molar-refractivity contribution is 5.98. The lowest BCUT2D eigenvalue weighted by Gasteiger charge is -2.02. The summed E-state index contributed by atoms with van der Waals surface area (Å²) < 4.78 is 6.60. The number of H-pyrrole nitrogens is 1. The van der Waals surface area contributed by atoms with Gasteiger partial charge in [-0.3, -0.25) is 4.79 Å². The van der Waals surface area contributed by atoms with Crippen molar-refractivity contribution in [2.45, 2.75) is 6.54 Å². The second kappa shape index (κ2) is 6.81. The van der Waals surface area contributed by atoms with Crippen LogP contribution in [0.1, 0.15) is 11.4 Å². The Kier molecular flexibility index (Phi) is 4.19. The van der Waals surface area contributed by atoms with Gasteiger partial charge in [-0.1, -0.05) is 30.3 Å². The number of nitriles is 1. The minimum atomic E-state index is -0.330. The molecule has 132 valence electrons. The third-order valence-electron chi connectivity index (χ3n) is 4.41. The van der Waals surface area contributed by atoms with Gasteiger partial charge in [0.15, 0.2) is 0 Å². The van der Waals surface area contributed by atoms with Crippen LogP contribution in [0.25, 0.3) is 33.6 Å². The molecule has 4 rings (SSSR count). The van der Waals surface area contributed by atoms with Gasteiger partial charge in [0.1, 0.15) is 18.4 Å². The van der Waals surface area contributed by atoms with Gasteiger partial charge >= 0.3 is 5.97 Å². The number of benzene rings is 2. The third kappa shape index (κ3) is 3.07. The van der Waals surface area contributed by atoms with Gasteiger partial charge < -0.3 is 14.3 Å². The summed E-state index contributed by atoms with van der Waals surface area (Å²) in [6, 6.07) is 17.6. The van der Waals surface area contributed by atoms with Gasteiger partial charge in [0.25, 0.3) is 0 Å². The summed E-state index contributed by atoms with van der Waals surface area (Å²) in [4.78, 5) is 19.4. The molecule has 0 aliphatic rings. The van der Waals surface area contributed by atoms with E-state index in [2.05, 4.69) is 16.0 Å². The van der Waals surface area contributed by atoms with E-state index in [1.807, 2.05) is 59.3 Å². The molecule has 0 aliphatic carbocycles. The summed E-state index contributed by atoms with van der Waals surface area (Å²) in [5, 5.41) is 10.6. The Balaban J connectivity index is 1.83. The standard InChI is InChI=1S/C21H16N4O2/c1-27-20(26)13-25-12-15(16-6-2-5-9-19(16)25)10-14(11-22)21-23-17-7-3-4-8-18(17)24-21/h2-10,12H,13H2,1H3,(H,23,24). The number of methoxy groups -OCH3 is 1. The first kappa shape index (κ1) is 16.6. The molecule has 0 atom stereocenters. The summed E-state index contributed by atoms with van der Waals surface area (Å²) in [6.45, 7) is 0.109. The highest BCUT2D eigenvalue weighted by atomic mass is 16.5. The van der Waals surface area contributed by atoms with E-state index in [-0.39, 0.29) is 12.5 Å². The van der Waals surface area contributed by atoms with E-state index < -0.39 is 0 Å². The van der Waals surface area contributed by atoms with Gasteiger partial charge in [-0.05, 0) is 24.3 Å². The number of carbonyl (C=O) groups is 1. The summed E-state index contributed by atoms with van der Waals surface area (Å²) >= 11 is 0. The number of carbonyl (C=O) groups excluding carboxylic acids is 1. The normalized spacial score (nSPS) is 11.6. The Morgan fingerprint density at radius 2 is 2.04 bits per heavy atom. The first-order valence-corrected chi connectivity index (χ1v) is 8.41. The fourth-order valence-electron chi connectivity index (χ4n) is 3.11. The number of esters is 1. The van der Waals surface area contributed by atoms with Crippen molar-refractivity contribution in [1.29, 1.82) is 5.26 Å². The highest BCUT2D eigenvalue weighted by Gasteiger charge is 2.13. The zero-order chi connectivity index (χ0) is 18.8. The van der Waals surface area contributed by atoms with Crippen molar-refractivity contribution >= 4 is 39.6 Å². The Bertz CT molecular complexity index is 1190. The van der Waals surface area contributed by atoms with Crippen molar-refractivity contribution in [2.24, 2.45) is 0 Å². The number of aromatic nitrogens is 3. The Hall–Kier alpha value is -3.85. The number of imidazole rings is 1. The Morgan fingerprint density at radius 3 is 2.81 bits per heavy atom. The van der Waals surface area contributed by atoms with Gasteiger partial charge in [-0.2, -0.15) is 5.26 Å². The molecule has 6 nitrogen and oxygen atoms in total. The summed E-state index contributed by atoms with van der Waals surface area (Å²) in [7, 11) is 1.37. The SMILES string of the molecule is COC(=O)Cn1cc(C=C(C#N)c2nc3ccccc3[nH]2)c2ccccc21. The predicted molar refractivity (Wildman–Crippen MR) is 104 cm³/mol. The van der Waals surface area contributed by atoms with Crippen molar-refractivity contribution < 1.29 is 9.53 Å². The van der Waals surface area contributed by atoms with E-state index in [0.29, 0.717) is 11.4 Å². The molecule has 0 fully saturated rings. The number of allylic oxidation sites excluding steroid dienone is 1. The smallest absolute Gasteiger partial charge is 0.325 e. The van der Waals surface area contributed by atoms with Crippen molar-refractivity contribution in [3.05, 3.63) is 66.1 Å². The fraction of sp³-hybridized carbons (Fsp3) is 0.0952. The van der Waals surface area contributed by atoms with Crippen molar-refractivity contribution in [1.82, 2.24) is 14.5 Å². The maximum absolute atomic E-state index is 11.7. The predicted octanol–water partition coefficient (Wildman–Crippen LogP) is 3.75. The molecule has 0 aliphatic heterocycles. The lowest BCUT2D eigenvalue weighted by Crippen LogP contribution is -2.10. The fourth-order valence-corrected chi connectivity index (χ4v) is 3.11. The molecule has 2 aromatic heterocycles. The molecule has 4 aromatic rings. The molecule has 6 heteroatoms. The average Bonchev–Trinajstić information content (AvgIpc) is 3.28. The molecule has 0 radical (unpaired) electrons. The largest absolute Gasteiger partial charge is 0.468 e. The minimum absolute atomic E-state index is 0.109. The topological polar surface area (TPSA) is 83.7 Å². The maximum atomic E-state index is 11.7. The molecular formula is C21H16N4O2. The lowest BCUT2D eigenvalue weighted by atomic mass is 10.1. The van der Waals surface area contributed by atoms with Gasteiger partial charge in [0.05, 0.1) is 23.7 Å². The summed E-state index contributed by atoms with van der Waals surface area (Å²) in [5.41, 5.74) is 3.85. The van der Waals surface area contributed by atoms with Crippen molar-refractivity contribution in [2.75, 3.05) is 7.11 Å². The number of hydrogen-bond acceptors (Lipinski definition) is 4. The number of ether oxygens (including phenoxy) is 1. The zero-order valence-corrected chi connectivity index (χ0v) is 14.6. The molecule has 1 N–H and O–H groups in total. The second-order valence-electron chi connectivity index (χ2n) is 6.08. The van der Waals surface area contributed by atoms with Crippen LogP contribution in [0, 0.1) is 11.3 Å². The van der Waals surface area contributed by atoms with Crippen LogP contribution in [0.2, 0.25) is 0 Å². The molecule has 0 saturated carbocycles. The van der Waals surface area contributed by atoms with E-state index in [1.165, 1.54) is 7.11 Å². The van der Waals surface area contributed by atoms with Crippen LogP contribution in [-0.4, -0.2) is 27.6 Å². The zero-order valence-electron chi connectivity index (χ0n) is 14.6. The molecule has 27 heavy (non-hydrogen) atoms. The quantitative estimate of drug-likeness (QED) is 0.446. The monoisotopic (exact) mass is 356 g/mol. The van der Waals surface area contributed by atoms with Crippen LogP contribution in [0.3, 0.4) is 0 Å². The number of nitrogens with zero attached hydrogens (tertiary/aromatic N) is 3. The maximum Gasteiger partial charge on any atom is 0.325 e. The van der Waals surface area contributed by atoms with E-state index in [4.69, 9.17) is 4.74 Å². The van der Waals surface area contributed by atoms with Crippen LogP contribution >= 0.6 is 0 Å². The second-order valence-corrected chi connectivity index (χ2v) is 6.08. The number of hydrogen-bond donors (Lipinski definition) is 1. The number of rotatable bonds is 4. The molecule has 0 bridgehead atoms. The molecule has 2 aromatic carbocycles. The Labute approximate surface area is 155 Å². The molecular weight excluding hydrogens is 340 g/mol. The van der Waals surface area contributed by atoms with Crippen LogP contribution < -0.4 is 0 Å². The van der Waals surface area contributed by atoms with E-state index in [9.17, 15) is 10.1 Å². The molecule has 0 saturated heterocycles. The summed E-state index contributed by atoms with van der Waals surface area (Å²) in [5.74, 6) is 0.188. The van der Waals surface area contributed by atoms with Gasteiger partial charge in [-0.15, -0.1) is 0 Å². The number of nitrogens with one attached hydrogen (secondary N) is 1. The minimum Gasteiger partial charge on any atom is -0.468 e. The highest BCUT2D eigenvalue weighted by Crippen LogP contribution is 2.26. The van der Waals surface area contributed by atoms with Gasteiger partial charge in [0, 0.05) is 22.7 Å². The molecule has 2 heterocycles. The van der Waals surface area contributed by atoms with Crippen LogP contribution in [0.4, 0.5) is 0 Å². The van der Waals surface area contributed by atoms with Crippen molar-refractivity contribution in [3.8, 4) is 6.07 Å². The van der Waals surface area contributed by atoms with E-state index >= 15 is 0 Å². The number of aromatic amines is 1. The van der Waals surface area contributed by atoms with Crippen LogP contribution in [-0.2, 0) is 16.1 Å². The van der Waals surface area contributed by atoms with E-state index in [1.54, 1.807) is 6.08 Å². The van der Waals surface area contributed by atoms with E-state index in [0.717, 1.165) is 27.5 Å². The van der Waals surface area contributed by atoms with Crippen LogP contribution in [0.15, 0.2) is 54.7 Å². The first-order valence-electron chi connectivity index (χ1n) is 8.41. The molecule has 0 amide bonds. The first-order chi connectivity index (χ1) is 13.2. The molecule has 0 unspecified atom stereocenters. The van der Waals surface area contributed by atoms with Crippen molar-refractivity contribution in [3.63, 3.8) is 0 Å². The average molecular weight is 356 g/mol. The van der Waals surface area contributed by atoms with Gasteiger partial charge in [0.2, 0.25) is 0 Å². The van der Waals surface area contributed by atoms with Gasteiger partial charge in [-0.25, -0.2) is 4.98 Å². The molecule has 0 spiro atoms. The number of para-hydroxylation sites is 3. The van der Waals surface area contributed by atoms with Crippen LogP contribution in [0.5, 0.6) is 0 Å². The third-order valence-corrected chi connectivity index (χ3v) is 4.41. The summed E-state index contributed by atoms with van der Waals surface area (Å²) in [6.07, 6.45) is 3.63. The Morgan fingerprint density at radius 1 is 1.26 bits per heavy atom. The lowest BCUT2D eigenvalue weighted by molar-refractivity contribution is -0.141.